The molecule has 0 aromatic heterocycles. The molecule has 0 aliphatic heterocycles. The van der Waals surface area contributed by atoms with Gasteiger partial charge in [-0.1, -0.05) is 26.0 Å². The fourth-order valence-electron chi connectivity index (χ4n) is 2.10. The van der Waals surface area contributed by atoms with Gasteiger partial charge in [0.15, 0.2) is 0 Å². The zero-order valence-electron chi connectivity index (χ0n) is 12.0. The highest BCUT2D eigenvalue weighted by Gasteiger charge is 2.05. The molecule has 0 fully saturated rings. The van der Waals surface area contributed by atoms with E-state index in [-0.39, 0.29) is 0 Å². The molecular weight excluding hydrogens is 222 g/mol. The Kier molecular flexibility index (Phi) is 7.51. The second-order valence-corrected chi connectivity index (χ2v) is 4.68. The van der Waals surface area contributed by atoms with Crippen LogP contribution in [0.3, 0.4) is 0 Å². The third kappa shape index (κ3) is 5.54. The van der Waals surface area contributed by atoms with Crippen LogP contribution in [0.4, 0.5) is 0 Å². The highest BCUT2D eigenvalue weighted by atomic mass is 16.5. The number of hydrogen-bond donors (Lipinski definition) is 1. The van der Waals surface area contributed by atoms with E-state index in [0.717, 1.165) is 25.3 Å². The lowest BCUT2D eigenvalue weighted by atomic mass is 10.0. The quantitative estimate of drug-likeness (QED) is 0.719. The molecule has 0 aliphatic carbocycles. The zero-order chi connectivity index (χ0) is 13.2. The molecule has 0 heterocycles. The van der Waals surface area contributed by atoms with Gasteiger partial charge in [-0.15, -0.1) is 0 Å². The molecule has 1 aromatic rings. The number of ether oxygens (including phenoxy) is 1. The van der Waals surface area contributed by atoms with Gasteiger partial charge in [-0.05, 0) is 56.8 Å². The van der Waals surface area contributed by atoms with Crippen molar-refractivity contribution < 1.29 is 4.74 Å². The number of aryl methyl sites for hydroxylation is 1. The van der Waals surface area contributed by atoms with E-state index >= 15 is 0 Å². The van der Waals surface area contributed by atoms with Crippen molar-refractivity contribution in [3.63, 3.8) is 0 Å². The Bertz CT molecular complexity index is 325. The van der Waals surface area contributed by atoms with Crippen molar-refractivity contribution in [1.82, 2.24) is 5.32 Å². The molecule has 1 N–H and O–H groups in total. The average molecular weight is 249 g/mol. The van der Waals surface area contributed by atoms with Crippen LogP contribution in [-0.2, 0) is 6.42 Å². The molecule has 0 saturated carbocycles. The first-order valence-electron chi connectivity index (χ1n) is 7.25. The minimum absolute atomic E-state index is 0.640. The van der Waals surface area contributed by atoms with Gasteiger partial charge in [-0.3, -0.25) is 0 Å². The van der Waals surface area contributed by atoms with Gasteiger partial charge >= 0.3 is 0 Å². The SMILES string of the molecule is CCCNC(CC)CCc1cccc(OCC)c1. The van der Waals surface area contributed by atoms with E-state index in [1.165, 1.54) is 24.8 Å². The summed E-state index contributed by atoms with van der Waals surface area (Å²) in [6, 6.07) is 9.10. The Labute approximate surface area is 112 Å². The van der Waals surface area contributed by atoms with Gasteiger partial charge in [0, 0.05) is 6.04 Å². The van der Waals surface area contributed by atoms with Gasteiger partial charge in [-0.2, -0.15) is 0 Å². The van der Waals surface area contributed by atoms with Gasteiger partial charge in [0.1, 0.15) is 5.75 Å². The molecule has 2 heteroatoms. The molecule has 0 bridgehead atoms. The number of nitrogens with one attached hydrogen (secondary N) is 1. The van der Waals surface area contributed by atoms with Crippen molar-refractivity contribution in [2.24, 2.45) is 0 Å². The minimum Gasteiger partial charge on any atom is -0.494 e. The first-order valence-corrected chi connectivity index (χ1v) is 7.25. The van der Waals surface area contributed by atoms with Crippen LogP contribution < -0.4 is 10.1 Å². The summed E-state index contributed by atoms with van der Waals surface area (Å²) in [5.74, 6) is 0.990. The van der Waals surface area contributed by atoms with Gasteiger partial charge < -0.3 is 10.1 Å². The predicted octanol–water partition coefficient (Wildman–Crippen LogP) is 3.80. The van der Waals surface area contributed by atoms with Crippen LogP contribution in [0.2, 0.25) is 0 Å². The molecule has 0 spiro atoms. The van der Waals surface area contributed by atoms with E-state index in [1.54, 1.807) is 0 Å². The number of hydrogen-bond acceptors (Lipinski definition) is 2. The topological polar surface area (TPSA) is 21.3 Å². The van der Waals surface area contributed by atoms with Crippen LogP contribution in [-0.4, -0.2) is 19.2 Å². The number of benzene rings is 1. The van der Waals surface area contributed by atoms with Crippen molar-refractivity contribution >= 4 is 0 Å². The van der Waals surface area contributed by atoms with E-state index in [2.05, 4.69) is 37.4 Å². The van der Waals surface area contributed by atoms with E-state index in [1.807, 2.05) is 13.0 Å². The van der Waals surface area contributed by atoms with Gasteiger partial charge in [-0.25, -0.2) is 0 Å². The van der Waals surface area contributed by atoms with Gasteiger partial charge in [0.2, 0.25) is 0 Å². The Morgan fingerprint density at radius 1 is 1.22 bits per heavy atom. The Morgan fingerprint density at radius 2 is 2.06 bits per heavy atom. The first kappa shape index (κ1) is 15.0. The molecule has 1 rings (SSSR count). The van der Waals surface area contributed by atoms with E-state index in [0.29, 0.717) is 6.04 Å². The molecule has 2 nitrogen and oxygen atoms in total. The summed E-state index contributed by atoms with van der Waals surface area (Å²) >= 11 is 0. The second-order valence-electron chi connectivity index (χ2n) is 4.68. The molecule has 1 aromatic carbocycles. The highest BCUT2D eigenvalue weighted by Crippen LogP contribution is 2.15. The first-order chi connectivity index (χ1) is 8.80. The van der Waals surface area contributed by atoms with E-state index < -0.39 is 0 Å². The van der Waals surface area contributed by atoms with Crippen LogP contribution in [0.15, 0.2) is 24.3 Å². The Morgan fingerprint density at radius 3 is 2.72 bits per heavy atom. The minimum atomic E-state index is 0.640. The van der Waals surface area contributed by atoms with Crippen LogP contribution in [0.25, 0.3) is 0 Å². The monoisotopic (exact) mass is 249 g/mol. The maximum atomic E-state index is 5.53. The lowest BCUT2D eigenvalue weighted by Gasteiger charge is -2.16. The maximum Gasteiger partial charge on any atom is 0.119 e. The lowest BCUT2D eigenvalue weighted by Crippen LogP contribution is -2.29. The zero-order valence-corrected chi connectivity index (χ0v) is 12.0. The number of rotatable bonds is 9. The average Bonchev–Trinajstić information content (AvgIpc) is 2.40. The summed E-state index contributed by atoms with van der Waals surface area (Å²) in [5, 5.41) is 3.60. The van der Waals surface area contributed by atoms with Crippen molar-refractivity contribution in [3.8, 4) is 5.75 Å². The summed E-state index contributed by atoms with van der Waals surface area (Å²) < 4.78 is 5.53. The summed E-state index contributed by atoms with van der Waals surface area (Å²) in [4.78, 5) is 0. The van der Waals surface area contributed by atoms with E-state index in [4.69, 9.17) is 4.74 Å². The summed E-state index contributed by atoms with van der Waals surface area (Å²) in [6.07, 6.45) is 4.73. The molecule has 102 valence electrons. The van der Waals surface area contributed by atoms with Crippen LogP contribution >= 0.6 is 0 Å². The summed E-state index contributed by atoms with van der Waals surface area (Å²) in [7, 11) is 0. The van der Waals surface area contributed by atoms with Crippen molar-refractivity contribution in [2.75, 3.05) is 13.2 Å². The third-order valence-corrected chi connectivity index (χ3v) is 3.17. The molecule has 1 atom stereocenters. The normalized spacial score (nSPS) is 12.4. The molecule has 18 heavy (non-hydrogen) atoms. The Hall–Kier alpha value is -1.02. The van der Waals surface area contributed by atoms with E-state index in [9.17, 15) is 0 Å². The standard InChI is InChI=1S/C16H27NO/c1-4-12-17-15(5-2)11-10-14-8-7-9-16(13-14)18-6-3/h7-9,13,15,17H,4-6,10-12H2,1-3H3. The van der Waals surface area contributed by atoms with Crippen molar-refractivity contribution in [3.05, 3.63) is 29.8 Å². The molecule has 0 saturated heterocycles. The smallest absolute Gasteiger partial charge is 0.119 e. The second kappa shape index (κ2) is 8.98. The van der Waals surface area contributed by atoms with Gasteiger partial charge in [0.25, 0.3) is 0 Å². The Balaban J connectivity index is 2.43. The molecule has 0 aliphatic rings. The predicted molar refractivity (Wildman–Crippen MR) is 78.3 cm³/mol. The molecule has 0 radical (unpaired) electrons. The molecule has 0 amide bonds. The van der Waals surface area contributed by atoms with Crippen LogP contribution in [0, 0.1) is 0 Å². The summed E-state index contributed by atoms with van der Waals surface area (Å²) in [6.45, 7) is 8.35. The lowest BCUT2D eigenvalue weighted by molar-refractivity contribution is 0.340. The van der Waals surface area contributed by atoms with Crippen molar-refractivity contribution in [1.29, 1.82) is 0 Å². The molecular formula is C16H27NO. The highest BCUT2D eigenvalue weighted by molar-refractivity contribution is 5.28. The van der Waals surface area contributed by atoms with Crippen LogP contribution in [0.1, 0.15) is 45.6 Å². The fourth-order valence-corrected chi connectivity index (χ4v) is 2.10. The largest absolute Gasteiger partial charge is 0.494 e. The maximum absolute atomic E-state index is 5.53. The van der Waals surface area contributed by atoms with Gasteiger partial charge in [0.05, 0.1) is 6.61 Å². The summed E-state index contributed by atoms with van der Waals surface area (Å²) in [5.41, 5.74) is 1.37. The molecule has 1 unspecified atom stereocenters. The fraction of sp³-hybridized carbons (Fsp3) is 0.625. The third-order valence-electron chi connectivity index (χ3n) is 3.17. The van der Waals surface area contributed by atoms with Crippen LogP contribution in [0.5, 0.6) is 5.75 Å². The van der Waals surface area contributed by atoms with Crippen molar-refractivity contribution in [2.45, 2.75) is 52.5 Å².